The molecule has 1 saturated carbocycles. The van der Waals surface area contributed by atoms with Gasteiger partial charge in [-0.05, 0) is 50.3 Å². The number of nitrogens with one attached hydrogen (secondary N) is 2. The van der Waals surface area contributed by atoms with Crippen LogP contribution in [0.4, 0.5) is 4.79 Å². The van der Waals surface area contributed by atoms with Crippen molar-refractivity contribution in [3.05, 3.63) is 35.4 Å². The van der Waals surface area contributed by atoms with Crippen LogP contribution >= 0.6 is 0 Å². The maximum atomic E-state index is 12.6. The van der Waals surface area contributed by atoms with E-state index in [1.165, 1.54) is 12.8 Å². The van der Waals surface area contributed by atoms with Crippen LogP contribution in [0.5, 0.6) is 0 Å². The molecule has 2 N–H and O–H groups in total. The molecule has 1 heterocycles. The molecule has 0 bridgehead atoms. The number of morpholine rings is 1. The van der Waals surface area contributed by atoms with Crippen LogP contribution in [0.15, 0.2) is 24.3 Å². The monoisotopic (exact) mass is 345 g/mol. The Morgan fingerprint density at radius 2 is 1.72 bits per heavy atom. The first-order valence-electron chi connectivity index (χ1n) is 9.06. The van der Waals surface area contributed by atoms with Gasteiger partial charge in [0, 0.05) is 31.7 Å². The SMILES string of the molecule is C[C@H]1CN(C(=O)c2ccc(CNC(=O)NCC3CC3)cc2)C[C@H](C)O1. The lowest BCUT2D eigenvalue weighted by Gasteiger charge is -2.35. The van der Waals surface area contributed by atoms with Gasteiger partial charge in [-0.3, -0.25) is 4.79 Å². The number of nitrogens with zero attached hydrogens (tertiary/aromatic N) is 1. The van der Waals surface area contributed by atoms with Gasteiger partial charge in [-0.25, -0.2) is 4.79 Å². The fourth-order valence-electron chi connectivity index (χ4n) is 3.10. The zero-order valence-corrected chi connectivity index (χ0v) is 15.0. The van der Waals surface area contributed by atoms with Gasteiger partial charge >= 0.3 is 6.03 Å². The molecule has 0 unspecified atom stereocenters. The molecule has 3 rings (SSSR count). The molecule has 1 saturated heterocycles. The lowest BCUT2D eigenvalue weighted by Crippen LogP contribution is -2.48. The van der Waals surface area contributed by atoms with E-state index in [2.05, 4.69) is 10.6 Å². The van der Waals surface area contributed by atoms with Gasteiger partial charge < -0.3 is 20.3 Å². The van der Waals surface area contributed by atoms with Crippen molar-refractivity contribution >= 4 is 11.9 Å². The summed E-state index contributed by atoms with van der Waals surface area (Å²) in [7, 11) is 0. The van der Waals surface area contributed by atoms with Crippen LogP contribution in [-0.4, -0.2) is 48.7 Å². The Bertz CT molecular complexity index is 603. The third kappa shape index (κ3) is 5.19. The van der Waals surface area contributed by atoms with Gasteiger partial charge in [0.2, 0.25) is 0 Å². The molecule has 25 heavy (non-hydrogen) atoms. The summed E-state index contributed by atoms with van der Waals surface area (Å²) in [4.78, 5) is 26.2. The van der Waals surface area contributed by atoms with Crippen molar-refractivity contribution in [2.24, 2.45) is 5.92 Å². The highest BCUT2D eigenvalue weighted by Gasteiger charge is 2.26. The quantitative estimate of drug-likeness (QED) is 0.859. The Morgan fingerprint density at radius 1 is 1.08 bits per heavy atom. The molecule has 1 aromatic carbocycles. The van der Waals surface area contributed by atoms with Crippen molar-refractivity contribution in [3.8, 4) is 0 Å². The molecule has 136 valence electrons. The van der Waals surface area contributed by atoms with E-state index in [0.29, 0.717) is 31.1 Å². The predicted molar refractivity (Wildman–Crippen MR) is 95.3 cm³/mol. The van der Waals surface area contributed by atoms with E-state index < -0.39 is 0 Å². The Balaban J connectivity index is 1.49. The van der Waals surface area contributed by atoms with E-state index in [4.69, 9.17) is 4.74 Å². The van der Waals surface area contributed by atoms with E-state index in [1.54, 1.807) is 0 Å². The number of hydrogen-bond donors (Lipinski definition) is 2. The van der Waals surface area contributed by atoms with Crippen LogP contribution in [0.2, 0.25) is 0 Å². The van der Waals surface area contributed by atoms with Crippen molar-refractivity contribution in [3.63, 3.8) is 0 Å². The molecule has 0 spiro atoms. The van der Waals surface area contributed by atoms with Gasteiger partial charge in [-0.2, -0.15) is 0 Å². The number of benzene rings is 1. The number of urea groups is 1. The van der Waals surface area contributed by atoms with Crippen molar-refractivity contribution in [2.45, 2.75) is 45.4 Å². The molecule has 2 atom stereocenters. The van der Waals surface area contributed by atoms with Crippen molar-refractivity contribution in [1.82, 2.24) is 15.5 Å². The maximum Gasteiger partial charge on any atom is 0.315 e. The molecular weight excluding hydrogens is 318 g/mol. The average Bonchev–Trinajstić information content (AvgIpc) is 3.41. The number of hydrogen-bond acceptors (Lipinski definition) is 3. The molecule has 6 nitrogen and oxygen atoms in total. The van der Waals surface area contributed by atoms with Crippen LogP contribution in [0.1, 0.15) is 42.6 Å². The molecule has 0 aromatic heterocycles. The summed E-state index contributed by atoms with van der Waals surface area (Å²) >= 11 is 0. The number of ether oxygens (including phenoxy) is 1. The lowest BCUT2D eigenvalue weighted by molar-refractivity contribution is -0.0586. The minimum Gasteiger partial charge on any atom is -0.372 e. The van der Waals surface area contributed by atoms with E-state index in [9.17, 15) is 9.59 Å². The molecule has 2 aliphatic rings. The first-order valence-corrected chi connectivity index (χ1v) is 9.06. The van der Waals surface area contributed by atoms with Crippen LogP contribution in [-0.2, 0) is 11.3 Å². The standard InChI is InChI=1S/C19H27N3O3/c1-13-11-22(12-14(2)25-13)18(23)17-7-5-16(6-8-17)10-21-19(24)20-9-15-3-4-15/h5-8,13-15H,3-4,9-12H2,1-2H3,(H2,20,21,24)/t13-,14-/m0/s1. The first kappa shape index (κ1) is 17.7. The molecule has 1 aromatic rings. The van der Waals surface area contributed by atoms with E-state index in [-0.39, 0.29) is 24.1 Å². The molecule has 1 aliphatic carbocycles. The van der Waals surface area contributed by atoms with Gasteiger partial charge in [-0.15, -0.1) is 0 Å². The average molecular weight is 345 g/mol. The Morgan fingerprint density at radius 3 is 2.32 bits per heavy atom. The van der Waals surface area contributed by atoms with Crippen molar-refractivity contribution in [1.29, 1.82) is 0 Å². The normalized spacial score (nSPS) is 23.2. The smallest absolute Gasteiger partial charge is 0.315 e. The second-order valence-corrected chi connectivity index (χ2v) is 7.17. The summed E-state index contributed by atoms with van der Waals surface area (Å²) in [5, 5.41) is 5.72. The van der Waals surface area contributed by atoms with Gasteiger partial charge in [0.1, 0.15) is 0 Å². The Kier molecular flexibility index (Phi) is 5.58. The molecule has 1 aliphatic heterocycles. The molecule has 0 radical (unpaired) electrons. The fraction of sp³-hybridized carbons (Fsp3) is 0.579. The predicted octanol–water partition coefficient (Wildman–Crippen LogP) is 2.15. The van der Waals surface area contributed by atoms with Gasteiger partial charge in [0.25, 0.3) is 5.91 Å². The zero-order chi connectivity index (χ0) is 17.8. The van der Waals surface area contributed by atoms with E-state index >= 15 is 0 Å². The Hall–Kier alpha value is -2.08. The minimum atomic E-state index is -0.136. The summed E-state index contributed by atoms with van der Waals surface area (Å²) in [5.74, 6) is 0.699. The summed E-state index contributed by atoms with van der Waals surface area (Å²) in [5.41, 5.74) is 1.64. The summed E-state index contributed by atoms with van der Waals surface area (Å²) in [6, 6.07) is 7.30. The third-order valence-electron chi connectivity index (χ3n) is 4.61. The number of amides is 3. The van der Waals surface area contributed by atoms with E-state index in [0.717, 1.165) is 12.1 Å². The summed E-state index contributed by atoms with van der Waals surface area (Å²) < 4.78 is 5.67. The largest absolute Gasteiger partial charge is 0.372 e. The van der Waals surface area contributed by atoms with Gasteiger partial charge in [0.05, 0.1) is 12.2 Å². The Labute approximate surface area is 148 Å². The van der Waals surface area contributed by atoms with Crippen molar-refractivity contribution in [2.75, 3.05) is 19.6 Å². The highest BCUT2D eigenvalue weighted by molar-refractivity contribution is 5.94. The number of rotatable bonds is 5. The van der Waals surface area contributed by atoms with Crippen LogP contribution in [0.25, 0.3) is 0 Å². The highest BCUT2D eigenvalue weighted by Crippen LogP contribution is 2.27. The first-order chi connectivity index (χ1) is 12.0. The lowest BCUT2D eigenvalue weighted by atomic mass is 10.1. The number of carbonyl (C=O) groups excluding carboxylic acids is 2. The molecular formula is C19H27N3O3. The van der Waals surface area contributed by atoms with Crippen LogP contribution < -0.4 is 10.6 Å². The second-order valence-electron chi connectivity index (χ2n) is 7.17. The topological polar surface area (TPSA) is 70.7 Å². The number of carbonyl (C=O) groups is 2. The summed E-state index contributed by atoms with van der Waals surface area (Å²) in [6.07, 6.45) is 2.56. The van der Waals surface area contributed by atoms with E-state index in [1.807, 2.05) is 43.0 Å². The third-order valence-corrected chi connectivity index (χ3v) is 4.61. The van der Waals surface area contributed by atoms with Crippen molar-refractivity contribution < 1.29 is 14.3 Å². The highest BCUT2D eigenvalue weighted by atomic mass is 16.5. The molecule has 6 heteroatoms. The van der Waals surface area contributed by atoms with Crippen LogP contribution in [0.3, 0.4) is 0 Å². The van der Waals surface area contributed by atoms with Gasteiger partial charge in [-0.1, -0.05) is 12.1 Å². The fourth-order valence-corrected chi connectivity index (χ4v) is 3.10. The molecule has 2 fully saturated rings. The van der Waals surface area contributed by atoms with Crippen LogP contribution in [0, 0.1) is 5.92 Å². The molecule has 3 amide bonds. The van der Waals surface area contributed by atoms with Gasteiger partial charge in [0.15, 0.2) is 0 Å². The summed E-state index contributed by atoms with van der Waals surface area (Å²) in [6.45, 7) is 6.42. The maximum absolute atomic E-state index is 12.6. The zero-order valence-electron chi connectivity index (χ0n) is 15.0. The second kappa shape index (κ2) is 7.87. The minimum absolute atomic E-state index is 0.0312.